The summed E-state index contributed by atoms with van der Waals surface area (Å²) in [6.07, 6.45) is 3.81. The maximum atomic E-state index is 13.3. The van der Waals surface area contributed by atoms with Crippen molar-refractivity contribution in [1.29, 1.82) is 0 Å². The van der Waals surface area contributed by atoms with Gasteiger partial charge in [-0.1, -0.05) is 17.3 Å². The second-order valence-electron chi connectivity index (χ2n) is 6.02. The van der Waals surface area contributed by atoms with Crippen molar-refractivity contribution in [3.05, 3.63) is 81.9 Å². The molecule has 0 aliphatic carbocycles. The highest BCUT2D eigenvalue weighted by atomic mass is 19.1. The third-order valence-corrected chi connectivity index (χ3v) is 4.04. The summed E-state index contributed by atoms with van der Waals surface area (Å²) < 4.78 is 16.2. The Hall–Kier alpha value is -3.33. The minimum Gasteiger partial charge on any atom is -0.322 e. The van der Waals surface area contributed by atoms with Gasteiger partial charge in [0.05, 0.1) is 30.2 Å². The van der Waals surface area contributed by atoms with Gasteiger partial charge in [-0.05, 0) is 24.1 Å². The summed E-state index contributed by atoms with van der Waals surface area (Å²) in [5, 5.41) is 10.9. The van der Waals surface area contributed by atoms with Gasteiger partial charge in [0, 0.05) is 18.3 Å². The standard InChI is InChI=1S/C17H16FN7O/c18-12-3-1-2-11(6-12)7-14(19)15-10-24(23-22-15)9-13-8-17(26)25-16(21-13)4-5-20-25/h1-6,8,10,14,20H,7,9,19H2. The Kier molecular flexibility index (Phi) is 4.05. The van der Waals surface area contributed by atoms with E-state index in [2.05, 4.69) is 20.4 Å². The van der Waals surface area contributed by atoms with E-state index in [1.54, 1.807) is 29.2 Å². The maximum absolute atomic E-state index is 13.3. The lowest BCUT2D eigenvalue weighted by Crippen LogP contribution is -2.16. The number of fused-ring (bicyclic) bond motifs is 1. The minimum absolute atomic E-state index is 0.196. The Morgan fingerprint density at radius 3 is 3.00 bits per heavy atom. The first-order chi connectivity index (χ1) is 12.6. The van der Waals surface area contributed by atoms with E-state index in [1.165, 1.54) is 22.7 Å². The Morgan fingerprint density at radius 1 is 1.27 bits per heavy atom. The van der Waals surface area contributed by atoms with E-state index < -0.39 is 6.04 Å². The normalized spacial score (nSPS) is 12.5. The van der Waals surface area contributed by atoms with E-state index in [1.807, 2.05) is 6.07 Å². The number of rotatable bonds is 5. The Morgan fingerprint density at radius 2 is 2.15 bits per heavy atom. The molecule has 0 fully saturated rings. The molecule has 3 N–H and O–H groups in total. The number of halogens is 1. The summed E-state index contributed by atoms with van der Waals surface area (Å²) in [5.41, 5.74) is 8.46. The summed E-state index contributed by atoms with van der Waals surface area (Å²) in [6.45, 7) is 0.302. The fourth-order valence-corrected chi connectivity index (χ4v) is 2.81. The predicted molar refractivity (Wildman–Crippen MR) is 92.0 cm³/mol. The van der Waals surface area contributed by atoms with Crippen LogP contribution < -0.4 is 11.3 Å². The zero-order chi connectivity index (χ0) is 18.1. The zero-order valence-electron chi connectivity index (χ0n) is 13.7. The third kappa shape index (κ3) is 3.24. The molecule has 1 atom stereocenters. The number of hydrogen-bond donors (Lipinski definition) is 2. The van der Waals surface area contributed by atoms with Crippen LogP contribution in [0.3, 0.4) is 0 Å². The van der Waals surface area contributed by atoms with Crippen LogP contribution in [0.15, 0.2) is 53.6 Å². The van der Waals surface area contributed by atoms with Gasteiger partial charge in [-0.3, -0.25) is 9.89 Å². The third-order valence-electron chi connectivity index (χ3n) is 4.04. The van der Waals surface area contributed by atoms with Crippen molar-refractivity contribution in [3.63, 3.8) is 0 Å². The van der Waals surface area contributed by atoms with Gasteiger partial charge in [0.25, 0.3) is 5.56 Å². The van der Waals surface area contributed by atoms with Crippen LogP contribution in [0.5, 0.6) is 0 Å². The SMILES string of the molecule is NC(Cc1cccc(F)c1)c1cn(Cc2cc(=O)n3[nH]ccc3n2)nn1. The van der Waals surface area contributed by atoms with Crippen LogP contribution in [-0.2, 0) is 13.0 Å². The first-order valence-electron chi connectivity index (χ1n) is 8.04. The van der Waals surface area contributed by atoms with Crippen LogP contribution in [0.4, 0.5) is 4.39 Å². The van der Waals surface area contributed by atoms with Gasteiger partial charge < -0.3 is 5.73 Å². The number of H-pyrrole nitrogens is 1. The van der Waals surface area contributed by atoms with E-state index in [0.717, 1.165) is 5.56 Å². The second-order valence-corrected chi connectivity index (χ2v) is 6.02. The molecule has 0 saturated carbocycles. The molecule has 26 heavy (non-hydrogen) atoms. The fourth-order valence-electron chi connectivity index (χ4n) is 2.81. The van der Waals surface area contributed by atoms with Crippen molar-refractivity contribution >= 4 is 5.65 Å². The number of benzene rings is 1. The molecule has 0 saturated heterocycles. The monoisotopic (exact) mass is 353 g/mol. The molecule has 4 rings (SSSR count). The van der Waals surface area contributed by atoms with Crippen molar-refractivity contribution in [2.24, 2.45) is 5.73 Å². The Labute approximate surface area is 147 Å². The molecular weight excluding hydrogens is 337 g/mol. The molecule has 0 bridgehead atoms. The summed E-state index contributed by atoms with van der Waals surface area (Å²) in [6, 6.07) is 9.06. The molecule has 1 unspecified atom stereocenters. The largest absolute Gasteiger partial charge is 0.322 e. The summed E-state index contributed by atoms with van der Waals surface area (Å²) in [7, 11) is 0. The van der Waals surface area contributed by atoms with Crippen LogP contribution in [-0.4, -0.2) is 29.6 Å². The summed E-state index contributed by atoms with van der Waals surface area (Å²) in [4.78, 5) is 16.4. The number of hydrogen-bond acceptors (Lipinski definition) is 5. The molecule has 0 radical (unpaired) electrons. The van der Waals surface area contributed by atoms with Gasteiger partial charge >= 0.3 is 0 Å². The predicted octanol–water partition coefficient (Wildman–Crippen LogP) is 1.04. The average Bonchev–Trinajstić information content (AvgIpc) is 3.24. The van der Waals surface area contributed by atoms with Crippen LogP contribution in [0.2, 0.25) is 0 Å². The van der Waals surface area contributed by atoms with E-state index in [0.29, 0.717) is 30.0 Å². The molecule has 132 valence electrons. The molecule has 0 spiro atoms. The molecule has 1 aromatic carbocycles. The van der Waals surface area contributed by atoms with Crippen molar-refractivity contribution in [3.8, 4) is 0 Å². The lowest BCUT2D eigenvalue weighted by molar-refractivity contribution is 0.620. The second kappa shape index (κ2) is 6.52. The molecule has 4 aromatic rings. The lowest BCUT2D eigenvalue weighted by Gasteiger charge is -2.08. The van der Waals surface area contributed by atoms with Crippen LogP contribution >= 0.6 is 0 Å². The number of nitrogens with one attached hydrogen (secondary N) is 1. The Balaban J connectivity index is 1.50. The van der Waals surface area contributed by atoms with Crippen molar-refractivity contribution in [2.75, 3.05) is 0 Å². The minimum atomic E-state index is -0.406. The van der Waals surface area contributed by atoms with Gasteiger partial charge in [-0.25, -0.2) is 18.6 Å². The number of nitrogens with zero attached hydrogens (tertiary/aromatic N) is 5. The van der Waals surface area contributed by atoms with E-state index in [9.17, 15) is 9.18 Å². The van der Waals surface area contributed by atoms with Gasteiger partial charge in [0.15, 0.2) is 5.65 Å². The fraction of sp³-hybridized carbons (Fsp3) is 0.176. The van der Waals surface area contributed by atoms with Gasteiger partial charge in [0.1, 0.15) is 5.82 Å². The Bertz CT molecular complexity index is 1110. The highest BCUT2D eigenvalue weighted by Crippen LogP contribution is 2.15. The lowest BCUT2D eigenvalue weighted by atomic mass is 10.0. The van der Waals surface area contributed by atoms with Crippen molar-refractivity contribution < 1.29 is 4.39 Å². The van der Waals surface area contributed by atoms with Crippen LogP contribution in [0.1, 0.15) is 23.0 Å². The van der Waals surface area contributed by atoms with Gasteiger partial charge in [0.2, 0.25) is 0 Å². The number of aromatic amines is 1. The van der Waals surface area contributed by atoms with Gasteiger partial charge in [-0.15, -0.1) is 5.10 Å². The highest BCUT2D eigenvalue weighted by molar-refractivity contribution is 5.36. The first kappa shape index (κ1) is 16.2. The molecule has 8 nitrogen and oxygen atoms in total. The van der Waals surface area contributed by atoms with E-state index >= 15 is 0 Å². The summed E-state index contributed by atoms with van der Waals surface area (Å²) in [5.74, 6) is -0.295. The summed E-state index contributed by atoms with van der Waals surface area (Å²) >= 11 is 0. The number of nitrogens with two attached hydrogens (primary N) is 1. The van der Waals surface area contributed by atoms with Crippen molar-refractivity contribution in [1.82, 2.24) is 29.6 Å². The highest BCUT2D eigenvalue weighted by Gasteiger charge is 2.13. The quantitative estimate of drug-likeness (QED) is 0.558. The molecule has 9 heteroatoms. The van der Waals surface area contributed by atoms with Crippen molar-refractivity contribution in [2.45, 2.75) is 19.0 Å². The average molecular weight is 353 g/mol. The first-order valence-corrected chi connectivity index (χ1v) is 8.04. The molecule has 3 aromatic heterocycles. The maximum Gasteiger partial charge on any atom is 0.272 e. The molecular formula is C17H16FN7O. The molecule has 3 heterocycles. The topological polar surface area (TPSA) is 107 Å². The molecule has 0 aliphatic rings. The zero-order valence-corrected chi connectivity index (χ0v) is 13.7. The number of aromatic nitrogens is 6. The smallest absolute Gasteiger partial charge is 0.272 e. The van der Waals surface area contributed by atoms with Crippen LogP contribution in [0.25, 0.3) is 5.65 Å². The van der Waals surface area contributed by atoms with Crippen LogP contribution in [0, 0.1) is 5.82 Å². The van der Waals surface area contributed by atoms with E-state index in [4.69, 9.17) is 5.73 Å². The van der Waals surface area contributed by atoms with E-state index in [-0.39, 0.29) is 11.4 Å². The van der Waals surface area contributed by atoms with Gasteiger partial charge in [-0.2, -0.15) is 0 Å². The molecule has 0 amide bonds. The molecule has 0 aliphatic heterocycles.